The first-order valence-corrected chi connectivity index (χ1v) is 8.21. The summed E-state index contributed by atoms with van der Waals surface area (Å²) in [5, 5.41) is 5.54. The Bertz CT molecular complexity index is 734. The Balaban J connectivity index is 1.93. The number of benzene rings is 2. The van der Waals surface area contributed by atoms with Gasteiger partial charge in [0.1, 0.15) is 5.75 Å². The van der Waals surface area contributed by atoms with Gasteiger partial charge in [0.15, 0.2) is 6.61 Å². The maximum atomic E-state index is 12.1. The highest BCUT2D eigenvalue weighted by molar-refractivity contribution is 9.10. The molecule has 2 amide bonds. The van der Waals surface area contributed by atoms with Crippen LogP contribution in [0.25, 0.3) is 0 Å². The largest absolute Gasteiger partial charge is 0.484 e. The van der Waals surface area contributed by atoms with Crippen LogP contribution in [0.3, 0.4) is 0 Å². The standard InChI is InChI=1S/C18H19BrN2O3/c1-11-8-14(19)9-12(2)18(11)21-17(23)10-24-16-6-4-15(5-7-16)20-13(3)22/h4-9H,10H2,1-3H3,(H,20,22)(H,21,23). The summed E-state index contributed by atoms with van der Waals surface area (Å²) in [6.45, 7) is 5.24. The fourth-order valence-electron chi connectivity index (χ4n) is 2.27. The van der Waals surface area contributed by atoms with Crippen molar-refractivity contribution in [2.45, 2.75) is 20.8 Å². The van der Waals surface area contributed by atoms with E-state index in [1.807, 2.05) is 26.0 Å². The molecule has 0 unspecified atom stereocenters. The van der Waals surface area contributed by atoms with Crippen LogP contribution in [0.1, 0.15) is 18.1 Å². The van der Waals surface area contributed by atoms with Gasteiger partial charge in [0.25, 0.3) is 5.91 Å². The summed E-state index contributed by atoms with van der Waals surface area (Å²) in [5.41, 5.74) is 3.44. The van der Waals surface area contributed by atoms with Gasteiger partial charge in [-0.05, 0) is 61.4 Å². The van der Waals surface area contributed by atoms with E-state index in [1.165, 1.54) is 6.92 Å². The number of halogens is 1. The van der Waals surface area contributed by atoms with Gasteiger partial charge in [-0.15, -0.1) is 0 Å². The van der Waals surface area contributed by atoms with E-state index in [0.29, 0.717) is 11.4 Å². The molecule has 0 fully saturated rings. The third kappa shape index (κ3) is 5.09. The first-order valence-electron chi connectivity index (χ1n) is 7.42. The average Bonchev–Trinajstić information content (AvgIpc) is 2.49. The van der Waals surface area contributed by atoms with Gasteiger partial charge < -0.3 is 15.4 Å². The van der Waals surface area contributed by atoms with E-state index in [-0.39, 0.29) is 18.4 Å². The van der Waals surface area contributed by atoms with Crippen molar-refractivity contribution in [2.24, 2.45) is 0 Å². The minimum absolute atomic E-state index is 0.0889. The van der Waals surface area contributed by atoms with E-state index < -0.39 is 0 Å². The second kappa shape index (κ2) is 7.97. The second-order valence-corrected chi connectivity index (χ2v) is 6.37. The predicted molar refractivity (Wildman–Crippen MR) is 98.5 cm³/mol. The average molecular weight is 391 g/mol. The Kier molecular flexibility index (Phi) is 5.98. The molecule has 126 valence electrons. The first kappa shape index (κ1) is 18.0. The van der Waals surface area contributed by atoms with E-state index in [0.717, 1.165) is 21.3 Å². The quantitative estimate of drug-likeness (QED) is 0.809. The second-order valence-electron chi connectivity index (χ2n) is 5.46. The lowest BCUT2D eigenvalue weighted by atomic mass is 10.1. The highest BCUT2D eigenvalue weighted by Crippen LogP contribution is 2.25. The van der Waals surface area contributed by atoms with Crippen molar-refractivity contribution in [2.75, 3.05) is 17.2 Å². The van der Waals surface area contributed by atoms with Gasteiger partial charge >= 0.3 is 0 Å². The van der Waals surface area contributed by atoms with E-state index >= 15 is 0 Å². The molecule has 5 nitrogen and oxygen atoms in total. The summed E-state index contributed by atoms with van der Waals surface area (Å²) >= 11 is 3.43. The molecule has 0 saturated carbocycles. The lowest BCUT2D eigenvalue weighted by Crippen LogP contribution is -2.21. The molecule has 0 radical (unpaired) electrons. The number of carbonyl (C=O) groups is 2. The molecule has 0 bridgehead atoms. The van der Waals surface area contributed by atoms with Crippen molar-refractivity contribution in [3.63, 3.8) is 0 Å². The molecule has 2 aromatic carbocycles. The molecular weight excluding hydrogens is 372 g/mol. The lowest BCUT2D eigenvalue weighted by Gasteiger charge is -2.13. The van der Waals surface area contributed by atoms with Crippen LogP contribution < -0.4 is 15.4 Å². The lowest BCUT2D eigenvalue weighted by molar-refractivity contribution is -0.118. The molecule has 0 aliphatic rings. The van der Waals surface area contributed by atoms with Crippen molar-refractivity contribution < 1.29 is 14.3 Å². The van der Waals surface area contributed by atoms with Gasteiger partial charge in [0.05, 0.1) is 0 Å². The SMILES string of the molecule is CC(=O)Nc1ccc(OCC(=O)Nc2c(C)cc(Br)cc2C)cc1. The Hall–Kier alpha value is -2.34. The Morgan fingerprint density at radius 1 is 1.04 bits per heavy atom. The van der Waals surface area contributed by atoms with Gasteiger partial charge in [0, 0.05) is 22.8 Å². The van der Waals surface area contributed by atoms with E-state index in [2.05, 4.69) is 26.6 Å². The summed E-state index contributed by atoms with van der Waals surface area (Å²) in [6, 6.07) is 10.7. The normalized spacial score (nSPS) is 10.2. The van der Waals surface area contributed by atoms with Crippen molar-refractivity contribution >= 4 is 39.1 Å². The summed E-state index contributed by atoms with van der Waals surface area (Å²) in [7, 11) is 0. The van der Waals surface area contributed by atoms with Crippen LogP contribution in [0.4, 0.5) is 11.4 Å². The van der Waals surface area contributed by atoms with Crippen molar-refractivity contribution in [3.8, 4) is 5.75 Å². The van der Waals surface area contributed by atoms with Crippen LogP contribution in [-0.4, -0.2) is 18.4 Å². The molecular formula is C18H19BrN2O3. The van der Waals surface area contributed by atoms with Gasteiger partial charge in [-0.1, -0.05) is 15.9 Å². The van der Waals surface area contributed by atoms with Crippen LogP contribution in [0.5, 0.6) is 5.75 Å². The Morgan fingerprint density at radius 3 is 2.17 bits per heavy atom. The van der Waals surface area contributed by atoms with E-state index in [4.69, 9.17) is 4.74 Å². The molecule has 2 N–H and O–H groups in total. The number of carbonyl (C=O) groups excluding carboxylic acids is 2. The Labute approximate surface area is 149 Å². The van der Waals surface area contributed by atoms with E-state index in [1.54, 1.807) is 24.3 Å². The number of aryl methyl sites for hydroxylation is 2. The summed E-state index contributed by atoms with van der Waals surface area (Å²) in [4.78, 5) is 23.0. The number of ether oxygens (including phenoxy) is 1. The monoisotopic (exact) mass is 390 g/mol. The molecule has 0 saturated heterocycles. The minimum Gasteiger partial charge on any atom is -0.484 e. The smallest absolute Gasteiger partial charge is 0.262 e. The Morgan fingerprint density at radius 2 is 1.62 bits per heavy atom. The van der Waals surface area contributed by atoms with Crippen LogP contribution in [-0.2, 0) is 9.59 Å². The number of hydrogen-bond acceptors (Lipinski definition) is 3. The molecule has 24 heavy (non-hydrogen) atoms. The number of anilines is 2. The topological polar surface area (TPSA) is 67.4 Å². The van der Waals surface area contributed by atoms with Crippen LogP contribution in [0, 0.1) is 13.8 Å². The third-order valence-electron chi connectivity index (χ3n) is 3.31. The molecule has 0 heterocycles. The molecule has 0 atom stereocenters. The van der Waals surface area contributed by atoms with Gasteiger partial charge in [-0.25, -0.2) is 0 Å². The summed E-state index contributed by atoms with van der Waals surface area (Å²) < 4.78 is 6.45. The molecule has 0 spiro atoms. The molecule has 0 aliphatic heterocycles. The fraction of sp³-hybridized carbons (Fsp3) is 0.222. The van der Waals surface area contributed by atoms with Gasteiger partial charge in [0.2, 0.25) is 5.91 Å². The first-order chi connectivity index (χ1) is 11.3. The zero-order valence-corrected chi connectivity index (χ0v) is 15.4. The van der Waals surface area contributed by atoms with Crippen LogP contribution in [0.2, 0.25) is 0 Å². The minimum atomic E-state index is -0.227. The highest BCUT2D eigenvalue weighted by Gasteiger charge is 2.09. The molecule has 2 aromatic rings. The number of hydrogen-bond donors (Lipinski definition) is 2. The zero-order chi connectivity index (χ0) is 17.7. The molecule has 0 aliphatic carbocycles. The molecule has 0 aromatic heterocycles. The van der Waals surface area contributed by atoms with Crippen LogP contribution in [0.15, 0.2) is 40.9 Å². The van der Waals surface area contributed by atoms with Crippen molar-refractivity contribution in [3.05, 3.63) is 52.0 Å². The highest BCUT2D eigenvalue weighted by atomic mass is 79.9. The summed E-state index contributed by atoms with van der Waals surface area (Å²) in [5.74, 6) is 0.196. The number of nitrogens with one attached hydrogen (secondary N) is 2. The molecule has 2 rings (SSSR count). The maximum absolute atomic E-state index is 12.1. The van der Waals surface area contributed by atoms with Gasteiger partial charge in [-0.2, -0.15) is 0 Å². The number of amides is 2. The van der Waals surface area contributed by atoms with E-state index in [9.17, 15) is 9.59 Å². The zero-order valence-electron chi connectivity index (χ0n) is 13.8. The fourth-order valence-corrected chi connectivity index (χ4v) is 2.96. The summed E-state index contributed by atoms with van der Waals surface area (Å²) in [6.07, 6.45) is 0. The predicted octanol–water partition coefficient (Wildman–Crippen LogP) is 4.04. The third-order valence-corrected chi connectivity index (χ3v) is 3.76. The maximum Gasteiger partial charge on any atom is 0.262 e. The molecule has 6 heteroatoms. The van der Waals surface area contributed by atoms with Gasteiger partial charge in [-0.3, -0.25) is 9.59 Å². The van der Waals surface area contributed by atoms with Crippen molar-refractivity contribution in [1.29, 1.82) is 0 Å². The number of rotatable bonds is 5. The van der Waals surface area contributed by atoms with Crippen molar-refractivity contribution in [1.82, 2.24) is 0 Å². The van der Waals surface area contributed by atoms with Crippen LogP contribution >= 0.6 is 15.9 Å².